The lowest BCUT2D eigenvalue weighted by atomic mass is 9.87. The Morgan fingerprint density at radius 1 is 1.22 bits per heavy atom. The van der Waals surface area contributed by atoms with Crippen molar-refractivity contribution in [2.24, 2.45) is 11.8 Å². The van der Waals surface area contributed by atoms with E-state index in [1.807, 2.05) is 13.0 Å². The van der Waals surface area contributed by atoms with Crippen molar-refractivity contribution in [3.63, 3.8) is 0 Å². The van der Waals surface area contributed by atoms with Crippen molar-refractivity contribution >= 4 is 29.3 Å². The van der Waals surface area contributed by atoms with Crippen LogP contribution in [-0.2, 0) is 25.5 Å². The molecule has 3 unspecified atom stereocenters. The van der Waals surface area contributed by atoms with Gasteiger partial charge < -0.3 is 20.1 Å². The molecule has 1 aliphatic carbocycles. The first-order chi connectivity index (χ1) is 15.3. The molecule has 0 aromatic heterocycles. The van der Waals surface area contributed by atoms with Gasteiger partial charge in [-0.05, 0) is 50.3 Å². The van der Waals surface area contributed by atoms with E-state index in [0.717, 1.165) is 12.0 Å². The summed E-state index contributed by atoms with van der Waals surface area (Å²) in [6.45, 7) is 4.10. The number of carbonyl (C=O) groups excluding carboxylic acids is 4. The summed E-state index contributed by atoms with van der Waals surface area (Å²) in [5, 5.41) is 11.8. The Bertz CT molecular complexity index is 883. The lowest BCUT2D eigenvalue weighted by Gasteiger charge is -2.28. The molecule has 0 bridgehead atoms. The fourth-order valence-corrected chi connectivity index (χ4v) is 4.35. The van der Waals surface area contributed by atoms with Crippen LogP contribution in [0, 0.1) is 11.8 Å². The van der Waals surface area contributed by atoms with Gasteiger partial charge in [0.05, 0.1) is 12.5 Å². The summed E-state index contributed by atoms with van der Waals surface area (Å²) in [7, 11) is 0. The van der Waals surface area contributed by atoms with E-state index in [0.29, 0.717) is 49.9 Å². The van der Waals surface area contributed by atoms with Crippen LogP contribution < -0.4 is 5.32 Å². The molecule has 1 aliphatic heterocycles. The number of nitrogens with one attached hydrogen (secondary N) is 1. The minimum Gasteiger partial charge on any atom is -0.463 e. The summed E-state index contributed by atoms with van der Waals surface area (Å²) in [6.07, 6.45) is 3.18. The summed E-state index contributed by atoms with van der Waals surface area (Å²) in [6, 6.07) is 5.25. The molecule has 0 radical (unpaired) electrons. The van der Waals surface area contributed by atoms with E-state index in [9.17, 15) is 19.2 Å². The molecular weight excluding hydrogens is 412 g/mol. The molecular formula is C24H32N2O6. The lowest BCUT2D eigenvalue weighted by molar-refractivity contribution is -0.151. The summed E-state index contributed by atoms with van der Waals surface area (Å²) >= 11 is 0. The molecule has 1 fully saturated rings. The minimum absolute atomic E-state index is 0.0700. The van der Waals surface area contributed by atoms with Crippen LogP contribution in [0.25, 0.3) is 0 Å². The van der Waals surface area contributed by atoms with Crippen LogP contribution in [0.3, 0.4) is 0 Å². The molecule has 8 heteroatoms. The molecule has 0 saturated carbocycles. The van der Waals surface area contributed by atoms with Gasteiger partial charge in [-0.15, -0.1) is 0 Å². The van der Waals surface area contributed by atoms with Crippen LogP contribution in [0.1, 0.15) is 61.9 Å². The van der Waals surface area contributed by atoms with Crippen LogP contribution in [0.15, 0.2) is 18.2 Å². The Balaban J connectivity index is 1.55. The zero-order valence-corrected chi connectivity index (χ0v) is 18.8. The van der Waals surface area contributed by atoms with Gasteiger partial charge in [0, 0.05) is 42.6 Å². The monoisotopic (exact) mass is 444 g/mol. The smallest absolute Gasteiger partial charge is 0.309 e. The van der Waals surface area contributed by atoms with Gasteiger partial charge in [-0.2, -0.15) is 0 Å². The van der Waals surface area contributed by atoms with Crippen molar-refractivity contribution in [2.75, 3.05) is 25.1 Å². The third kappa shape index (κ3) is 5.73. The molecule has 0 spiro atoms. The van der Waals surface area contributed by atoms with Gasteiger partial charge in [-0.3, -0.25) is 19.2 Å². The number of benzene rings is 1. The minimum atomic E-state index is -0.464. The van der Waals surface area contributed by atoms with Crippen molar-refractivity contribution in [3.05, 3.63) is 29.3 Å². The number of ether oxygens (including phenoxy) is 1. The number of hydrogen-bond donors (Lipinski definition) is 2. The van der Waals surface area contributed by atoms with E-state index in [1.54, 1.807) is 24.0 Å². The van der Waals surface area contributed by atoms with E-state index >= 15 is 0 Å². The number of hydrogen-bond acceptors (Lipinski definition) is 6. The number of fused-ring (bicyclic) bond motifs is 1. The zero-order chi connectivity index (χ0) is 23.3. The number of amides is 2. The molecule has 2 aliphatic rings. The molecule has 3 rings (SSSR count). The molecule has 2 amide bonds. The molecule has 1 saturated heterocycles. The molecule has 8 nitrogen and oxygen atoms in total. The standard InChI is InChI=1S/C24H32N2O6/c1-15(23(30)25-19-8-7-17-13-21(28)20(17)14-19)5-6-18(24(31)32-11-10-27)12-16(2)26-9-3-4-22(26)29/h7-8,14-16,18,27H,3-6,9-13H2,1-2H3,(H,25,30). The Hall–Kier alpha value is -2.74. The number of rotatable bonds is 11. The number of ketones is 1. The summed E-state index contributed by atoms with van der Waals surface area (Å²) in [5.41, 5.74) is 2.25. The Morgan fingerprint density at radius 2 is 2.00 bits per heavy atom. The first-order valence-corrected chi connectivity index (χ1v) is 11.3. The second-order valence-corrected chi connectivity index (χ2v) is 8.80. The summed E-state index contributed by atoms with van der Waals surface area (Å²) < 4.78 is 5.15. The first kappa shape index (κ1) is 23.9. The van der Waals surface area contributed by atoms with Gasteiger partial charge in [0.15, 0.2) is 5.78 Å². The number of carbonyl (C=O) groups is 4. The van der Waals surface area contributed by atoms with E-state index in [2.05, 4.69) is 5.32 Å². The number of anilines is 1. The van der Waals surface area contributed by atoms with Gasteiger partial charge in [0.25, 0.3) is 0 Å². The van der Waals surface area contributed by atoms with Crippen molar-refractivity contribution in [1.82, 2.24) is 4.90 Å². The number of likely N-dealkylation sites (tertiary alicyclic amines) is 1. The van der Waals surface area contributed by atoms with Crippen LogP contribution in [-0.4, -0.2) is 59.4 Å². The van der Waals surface area contributed by atoms with Gasteiger partial charge in [-0.25, -0.2) is 0 Å². The maximum absolute atomic E-state index is 12.6. The van der Waals surface area contributed by atoms with Crippen LogP contribution in [0.4, 0.5) is 5.69 Å². The van der Waals surface area contributed by atoms with Crippen molar-refractivity contribution < 1.29 is 29.0 Å². The Morgan fingerprint density at radius 3 is 2.66 bits per heavy atom. The largest absolute Gasteiger partial charge is 0.463 e. The van der Waals surface area contributed by atoms with E-state index in [4.69, 9.17) is 9.84 Å². The zero-order valence-electron chi connectivity index (χ0n) is 18.8. The Labute approximate surface area is 188 Å². The average Bonchev–Trinajstić information content (AvgIpc) is 3.20. The van der Waals surface area contributed by atoms with Gasteiger partial charge in [-0.1, -0.05) is 13.0 Å². The highest BCUT2D eigenvalue weighted by Crippen LogP contribution is 2.27. The fraction of sp³-hybridized carbons (Fsp3) is 0.583. The predicted molar refractivity (Wildman–Crippen MR) is 118 cm³/mol. The lowest BCUT2D eigenvalue weighted by Crippen LogP contribution is -2.37. The Kier molecular flexibility index (Phi) is 8.01. The maximum Gasteiger partial charge on any atom is 0.309 e. The highest BCUT2D eigenvalue weighted by molar-refractivity contribution is 6.07. The normalized spacial score (nSPS) is 17.9. The third-order valence-electron chi connectivity index (χ3n) is 6.36. The van der Waals surface area contributed by atoms with E-state index in [-0.39, 0.29) is 42.8 Å². The van der Waals surface area contributed by atoms with Crippen LogP contribution in [0.2, 0.25) is 0 Å². The van der Waals surface area contributed by atoms with Gasteiger partial charge in [0.1, 0.15) is 6.61 Å². The topological polar surface area (TPSA) is 113 Å². The van der Waals surface area contributed by atoms with Crippen molar-refractivity contribution in [1.29, 1.82) is 0 Å². The molecule has 174 valence electrons. The number of aliphatic hydroxyl groups excluding tert-OH is 1. The van der Waals surface area contributed by atoms with Crippen molar-refractivity contribution in [3.8, 4) is 0 Å². The number of aliphatic hydroxyl groups is 1. The number of esters is 1. The van der Waals surface area contributed by atoms with Crippen LogP contribution >= 0.6 is 0 Å². The second kappa shape index (κ2) is 10.7. The average molecular weight is 445 g/mol. The molecule has 2 N–H and O–H groups in total. The second-order valence-electron chi connectivity index (χ2n) is 8.80. The molecule has 32 heavy (non-hydrogen) atoms. The van der Waals surface area contributed by atoms with Crippen LogP contribution in [0.5, 0.6) is 0 Å². The first-order valence-electron chi connectivity index (χ1n) is 11.3. The quantitative estimate of drug-likeness (QED) is 0.507. The highest BCUT2D eigenvalue weighted by atomic mass is 16.5. The third-order valence-corrected chi connectivity index (χ3v) is 6.36. The predicted octanol–water partition coefficient (Wildman–Crippen LogP) is 2.33. The number of Topliss-reactive ketones (excluding diaryl/α,β-unsaturated/α-hetero) is 1. The molecule has 1 aromatic carbocycles. The maximum atomic E-state index is 12.6. The fourth-order valence-electron chi connectivity index (χ4n) is 4.35. The summed E-state index contributed by atoms with van der Waals surface area (Å²) in [4.78, 5) is 50.6. The summed E-state index contributed by atoms with van der Waals surface area (Å²) in [5.74, 6) is -1.22. The van der Waals surface area contributed by atoms with Gasteiger partial charge in [0.2, 0.25) is 11.8 Å². The van der Waals surface area contributed by atoms with E-state index < -0.39 is 11.9 Å². The molecule has 1 heterocycles. The highest BCUT2D eigenvalue weighted by Gasteiger charge is 2.31. The van der Waals surface area contributed by atoms with Gasteiger partial charge >= 0.3 is 5.97 Å². The molecule has 1 aromatic rings. The number of nitrogens with zero attached hydrogens (tertiary/aromatic N) is 1. The molecule has 3 atom stereocenters. The van der Waals surface area contributed by atoms with Crippen molar-refractivity contribution in [2.45, 2.75) is 58.4 Å². The SMILES string of the molecule is CC(CCC(CC(C)N1CCCC1=O)C(=O)OCCO)C(=O)Nc1ccc2c(c1)C(=O)C2. The van der Waals surface area contributed by atoms with E-state index in [1.165, 1.54) is 0 Å².